The summed E-state index contributed by atoms with van der Waals surface area (Å²) < 4.78 is 1.54. The molecule has 0 spiro atoms. The molecule has 1 N–H and O–H groups in total. The average Bonchev–Trinajstić information content (AvgIpc) is 3.51. The van der Waals surface area contributed by atoms with Crippen molar-refractivity contribution in [2.24, 2.45) is 5.92 Å². The first-order valence-corrected chi connectivity index (χ1v) is 10.8. The van der Waals surface area contributed by atoms with E-state index in [-0.39, 0.29) is 35.4 Å². The predicted octanol–water partition coefficient (Wildman–Crippen LogP) is 2.99. The van der Waals surface area contributed by atoms with Crippen molar-refractivity contribution in [1.29, 1.82) is 0 Å². The molecule has 8 nitrogen and oxygen atoms in total. The number of amides is 1. The van der Waals surface area contributed by atoms with Crippen LogP contribution in [0.2, 0.25) is 10.0 Å². The second-order valence-electron chi connectivity index (χ2n) is 7.97. The highest BCUT2D eigenvalue weighted by molar-refractivity contribution is 6.36. The second kappa shape index (κ2) is 7.67. The minimum absolute atomic E-state index is 0.0224. The summed E-state index contributed by atoms with van der Waals surface area (Å²) in [6, 6.07) is 5.27. The van der Waals surface area contributed by atoms with Crippen LogP contribution in [-0.4, -0.2) is 48.9 Å². The van der Waals surface area contributed by atoms with E-state index in [9.17, 15) is 9.59 Å². The SMILES string of the molecule is O=C(C1CC1)N1CCC[C@H](c2nc3c(nnn3Cc3c(Cl)cccc3Cl)c(=O)[nH]2)C1. The number of aromatic amines is 1. The summed E-state index contributed by atoms with van der Waals surface area (Å²) in [6.45, 7) is 1.59. The molecule has 1 saturated heterocycles. The Hall–Kier alpha value is -2.45. The molecule has 2 aliphatic rings. The number of hydrogen-bond donors (Lipinski definition) is 1. The molecular weight excluding hydrogens is 427 g/mol. The van der Waals surface area contributed by atoms with E-state index < -0.39 is 0 Å². The molecule has 3 aromatic rings. The van der Waals surface area contributed by atoms with Crippen LogP contribution >= 0.6 is 23.2 Å². The molecule has 2 fully saturated rings. The van der Waals surface area contributed by atoms with E-state index in [1.165, 1.54) is 4.68 Å². The third kappa shape index (κ3) is 3.58. The molecule has 1 aliphatic heterocycles. The Bertz CT molecular complexity index is 1170. The van der Waals surface area contributed by atoms with Gasteiger partial charge in [-0.3, -0.25) is 9.59 Å². The van der Waals surface area contributed by atoms with Gasteiger partial charge in [0.15, 0.2) is 11.2 Å². The fourth-order valence-electron chi connectivity index (χ4n) is 4.01. The Morgan fingerprint density at radius 1 is 1.20 bits per heavy atom. The number of piperidine rings is 1. The van der Waals surface area contributed by atoms with E-state index in [2.05, 4.69) is 20.3 Å². The Morgan fingerprint density at radius 3 is 2.70 bits per heavy atom. The lowest BCUT2D eigenvalue weighted by Gasteiger charge is -2.32. The predicted molar refractivity (Wildman–Crippen MR) is 113 cm³/mol. The number of fused-ring (bicyclic) bond motifs is 1. The molecule has 2 aromatic heterocycles. The van der Waals surface area contributed by atoms with Crippen LogP contribution in [0.4, 0.5) is 0 Å². The minimum atomic E-state index is -0.336. The first-order valence-electron chi connectivity index (χ1n) is 10.1. The lowest BCUT2D eigenvalue weighted by atomic mass is 9.96. The molecule has 1 aromatic carbocycles. The largest absolute Gasteiger partial charge is 0.342 e. The molecule has 1 aliphatic carbocycles. The normalized spacial score (nSPS) is 19.4. The first-order chi connectivity index (χ1) is 14.5. The number of benzene rings is 1. The topological polar surface area (TPSA) is 96.8 Å². The van der Waals surface area contributed by atoms with E-state index in [1.807, 2.05) is 4.90 Å². The van der Waals surface area contributed by atoms with Gasteiger partial charge in [-0.05, 0) is 37.8 Å². The number of likely N-dealkylation sites (tertiary alicyclic amines) is 1. The Balaban J connectivity index is 1.48. The van der Waals surface area contributed by atoms with Crippen molar-refractivity contribution < 1.29 is 4.79 Å². The highest BCUT2D eigenvalue weighted by atomic mass is 35.5. The lowest BCUT2D eigenvalue weighted by molar-refractivity contribution is -0.133. The number of nitrogens with zero attached hydrogens (tertiary/aromatic N) is 5. The van der Waals surface area contributed by atoms with Crippen molar-refractivity contribution in [1.82, 2.24) is 29.9 Å². The van der Waals surface area contributed by atoms with Crippen molar-refractivity contribution in [3.63, 3.8) is 0 Å². The molecule has 1 atom stereocenters. The van der Waals surface area contributed by atoms with Gasteiger partial charge < -0.3 is 9.88 Å². The fourth-order valence-corrected chi connectivity index (χ4v) is 4.52. The zero-order valence-electron chi connectivity index (χ0n) is 16.1. The molecule has 5 rings (SSSR count). The number of halogens is 2. The van der Waals surface area contributed by atoms with Gasteiger partial charge in [0.1, 0.15) is 5.82 Å². The fraction of sp³-hybridized carbons (Fsp3) is 0.450. The van der Waals surface area contributed by atoms with E-state index >= 15 is 0 Å². The summed E-state index contributed by atoms with van der Waals surface area (Å²) in [5.41, 5.74) is 0.909. The van der Waals surface area contributed by atoms with Crippen LogP contribution in [0.1, 0.15) is 43.0 Å². The van der Waals surface area contributed by atoms with Crippen LogP contribution in [0.25, 0.3) is 11.2 Å². The zero-order chi connectivity index (χ0) is 20.8. The number of aromatic nitrogens is 5. The summed E-state index contributed by atoms with van der Waals surface area (Å²) in [4.78, 5) is 34.6. The first kappa shape index (κ1) is 19.5. The number of rotatable bonds is 4. The molecule has 3 heterocycles. The maximum atomic E-state index is 12.6. The van der Waals surface area contributed by atoms with Crippen LogP contribution in [0.3, 0.4) is 0 Å². The van der Waals surface area contributed by atoms with E-state index in [4.69, 9.17) is 23.2 Å². The molecular formula is C20H20Cl2N6O2. The number of hydrogen-bond acceptors (Lipinski definition) is 5. The minimum Gasteiger partial charge on any atom is -0.342 e. The van der Waals surface area contributed by atoms with Crippen molar-refractivity contribution in [2.45, 2.75) is 38.1 Å². The van der Waals surface area contributed by atoms with E-state index in [0.717, 1.165) is 32.2 Å². The number of H-pyrrole nitrogens is 1. The summed E-state index contributed by atoms with van der Waals surface area (Å²) in [5, 5.41) is 9.11. The molecule has 30 heavy (non-hydrogen) atoms. The average molecular weight is 447 g/mol. The van der Waals surface area contributed by atoms with Gasteiger partial charge in [0.25, 0.3) is 5.56 Å². The van der Waals surface area contributed by atoms with Crippen LogP contribution in [0.5, 0.6) is 0 Å². The van der Waals surface area contributed by atoms with E-state index in [1.54, 1.807) is 18.2 Å². The monoisotopic (exact) mass is 446 g/mol. The van der Waals surface area contributed by atoms with Crippen molar-refractivity contribution in [3.8, 4) is 0 Å². The third-order valence-corrected chi connectivity index (χ3v) is 6.52. The molecule has 1 saturated carbocycles. The maximum Gasteiger partial charge on any atom is 0.281 e. The van der Waals surface area contributed by atoms with Gasteiger partial charge in [-0.2, -0.15) is 0 Å². The summed E-state index contributed by atoms with van der Waals surface area (Å²) in [5.74, 6) is 0.952. The van der Waals surface area contributed by atoms with Crippen molar-refractivity contribution >= 4 is 40.3 Å². The number of carbonyl (C=O) groups excluding carboxylic acids is 1. The Morgan fingerprint density at radius 2 is 1.97 bits per heavy atom. The van der Waals surface area contributed by atoms with Gasteiger partial charge in [0.2, 0.25) is 5.91 Å². The third-order valence-electron chi connectivity index (χ3n) is 5.81. The van der Waals surface area contributed by atoms with Gasteiger partial charge in [0, 0.05) is 40.5 Å². The smallest absolute Gasteiger partial charge is 0.281 e. The summed E-state index contributed by atoms with van der Waals surface area (Å²) >= 11 is 12.6. The Labute approximate surface area is 182 Å². The molecule has 10 heteroatoms. The van der Waals surface area contributed by atoms with Gasteiger partial charge >= 0.3 is 0 Å². The Kier molecular flexibility index (Phi) is 4.99. The van der Waals surface area contributed by atoms with Crippen LogP contribution in [0.15, 0.2) is 23.0 Å². The molecule has 0 radical (unpaired) electrons. The summed E-state index contributed by atoms with van der Waals surface area (Å²) in [6.07, 6.45) is 3.71. The zero-order valence-corrected chi connectivity index (χ0v) is 17.7. The number of carbonyl (C=O) groups is 1. The lowest BCUT2D eigenvalue weighted by Crippen LogP contribution is -2.40. The van der Waals surface area contributed by atoms with Crippen LogP contribution < -0.4 is 5.56 Å². The molecule has 0 unspecified atom stereocenters. The highest BCUT2D eigenvalue weighted by Gasteiger charge is 2.36. The van der Waals surface area contributed by atoms with E-state index in [0.29, 0.717) is 33.6 Å². The maximum absolute atomic E-state index is 12.6. The summed E-state index contributed by atoms with van der Waals surface area (Å²) in [7, 11) is 0. The van der Waals surface area contributed by atoms with Gasteiger partial charge in [-0.25, -0.2) is 9.67 Å². The van der Waals surface area contributed by atoms with Crippen molar-refractivity contribution in [3.05, 3.63) is 50.0 Å². The molecule has 1 amide bonds. The van der Waals surface area contributed by atoms with Crippen molar-refractivity contribution in [2.75, 3.05) is 13.1 Å². The van der Waals surface area contributed by atoms with Crippen LogP contribution in [-0.2, 0) is 11.3 Å². The quantitative estimate of drug-likeness (QED) is 0.664. The highest BCUT2D eigenvalue weighted by Crippen LogP contribution is 2.34. The van der Waals surface area contributed by atoms with Crippen LogP contribution in [0, 0.1) is 5.92 Å². The molecule has 156 valence electrons. The standard InChI is InChI=1S/C20H20Cl2N6O2/c21-14-4-1-5-15(22)13(14)10-28-18-16(25-26-28)19(29)24-17(23-18)12-3-2-8-27(9-12)20(30)11-6-7-11/h1,4-5,11-12H,2-3,6-10H2,(H,23,24,29)/t12-/m0/s1. The second-order valence-corrected chi connectivity index (χ2v) is 8.78. The van der Waals surface area contributed by atoms with Gasteiger partial charge in [-0.1, -0.05) is 34.5 Å². The van der Waals surface area contributed by atoms with Gasteiger partial charge in [-0.15, -0.1) is 5.10 Å². The molecule has 0 bridgehead atoms. The number of nitrogens with one attached hydrogen (secondary N) is 1. The van der Waals surface area contributed by atoms with Gasteiger partial charge in [0.05, 0.1) is 6.54 Å².